The molecule has 3 rings (SSSR count). The molecule has 150 valence electrons. The Morgan fingerprint density at radius 1 is 0.828 bits per heavy atom. The molecule has 0 fully saturated rings. The molecule has 0 atom stereocenters. The van der Waals surface area contributed by atoms with E-state index < -0.39 is 15.9 Å². The standard InChI is InChI=1S/C20H15Cl3N2O3S/c1-12-2-6-15(7-3-12)29(27,28)25-19-9-4-13(10-18(19)23)20(26)24-14-5-8-16(21)17(22)11-14/h2-11,25H,1H3,(H,24,26). The van der Waals surface area contributed by atoms with Crippen molar-refractivity contribution in [3.63, 3.8) is 0 Å². The lowest BCUT2D eigenvalue weighted by Crippen LogP contribution is -2.15. The topological polar surface area (TPSA) is 75.3 Å². The second kappa shape index (κ2) is 8.63. The van der Waals surface area contributed by atoms with Crippen LogP contribution in [0.3, 0.4) is 0 Å². The summed E-state index contributed by atoms with van der Waals surface area (Å²) >= 11 is 18.0. The molecule has 0 bridgehead atoms. The van der Waals surface area contributed by atoms with Crippen molar-refractivity contribution in [3.05, 3.63) is 86.9 Å². The summed E-state index contributed by atoms with van der Waals surface area (Å²) in [6.45, 7) is 1.86. The van der Waals surface area contributed by atoms with Crippen molar-refractivity contribution in [2.75, 3.05) is 10.0 Å². The summed E-state index contributed by atoms with van der Waals surface area (Å²) in [5.41, 5.74) is 1.82. The van der Waals surface area contributed by atoms with Crippen LogP contribution in [0.4, 0.5) is 11.4 Å². The van der Waals surface area contributed by atoms with E-state index in [1.165, 1.54) is 36.4 Å². The number of carbonyl (C=O) groups excluding carboxylic acids is 1. The zero-order valence-corrected chi connectivity index (χ0v) is 18.1. The van der Waals surface area contributed by atoms with Crippen LogP contribution >= 0.6 is 34.8 Å². The molecule has 3 aromatic carbocycles. The number of aryl methyl sites for hydroxylation is 1. The van der Waals surface area contributed by atoms with E-state index in [2.05, 4.69) is 10.0 Å². The van der Waals surface area contributed by atoms with Gasteiger partial charge in [0, 0.05) is 11.3 Å². The van der Waals surface area contributed by atoms with Gasteiger partial charge in [-0.3, -0.25) is 9.52 Å². The lowest BCUT2D eigenvalue weighted by molar-refractivity contribution is 0.102. The first-order valence-corrected chi connectivity index (χ1v) is 10.9. The van der Waals surface area contributed by atoms with Crippen LogP contribution in [0.25, 0.3) is 0 Å². The van der Waals surface area contributed by atoms with E-state index in [0.29, 0.717) is 15.7 Å². The number of halogens is 3. The zero-order chi connectivity index (χ0) is 21.2. The average molecular weight is 470 g/mol. The molecule has 0 spiro atoms. The quantitative estimate of drug-likeness (QED) is 0.480. The molecule has 0 heterocycles. The minimum absolute atomic E-state index is 0.0856. The van der Waals surface area contributed by atoms with Gasteiger partial charge < -0.3 is 5.32 Å². The Bertz CT molecular complexity index is 1180. The summed E-state index contributed by atoms with van der Waals surface area (Å²) < 4.78 is 27.5. The maximum atomic E-state index is 12.5. The molecule has 0 radical (unpaired) electrons. The van der Waals surface area contributed by atoms with E-state index >= 15 is 0 Å². The Balaban J connectivity index is 1.78. The van der Waals surface area contributed by atoms with Crippen molar-refractivity contribution >= 4 is 62.1 Å². The van der Waals surface area contributed by atoms with E-state index in [1.807, 2.05) is 6.92 Å². The van der Waals surface area contributed by atoms with E-state index in [1.54, 1.807) is 24.3 Å². The fourth-order valence-corrected chi connectivity index (χ4v) is 4.10. The van der Waals surface area contributed by atoms with E-state index in [-0.39, 0.29) is 21.2 Å². The summed E-state index contributed by atoms with van der Waals surface area (Å²) in [5, 5.41) is 3.44. The van der Waals surface area contributed by atoms with Gasteiger partial charge in [-0.05, 0) is 55.5 Å². The fourth-order valence-electron chi connectivity index (χ4n) is 2.44. The third-order valence-corrected chi connectivity index (χ3v) is 6.42. The maximum Gasteiger partial charge on any atom is 0.261 e. The molecule has 0 aliphatic heterocycles. The lowest BCUT2D eigenvalue weighted by atomic mass is 10.2. The second-order valence-corrected chi connectivity index (χ2v) is 9.10. The number of rotatable bonds is 5. The first-order valence-electron chi connectivity index (χ1n) is 8.31. The van der Waals surface area contributed by atoms with Crippen molar-refractivity contribution in [2.45, 2.75) is 11.8 Å². The SMILES string of the molecule is Cc1ccc(S(=O)(=O)Nc2ccc(C(=O)Nc3ccc(Cl)c(Cl)c3)cc2Cl)cc1. The highest BCUT2D eigenvalue weighted by molar-refractivity contribution is 7.92. The molecule has 0 aromatic heterocycles. The molecule has 0 saturated carbocycles. The summed E-state index contributed by atoms with van der Waals surface area (Å²) in [6, 6.07) is 15.4. The highest BCUT2D eigenvalue weighted by atomic mass is 35.5. The molecule has 0 aliphatic carbocycles. The number of hydrogen-bond donors (Lipinski definition) is 2. The van der Waals surface area contributed by atoms with Crippen molar-refractivity contribution in [3.8, 4) is 0 Å². The fraction of sp³-hybridized carbons (Fsp3) is 0.0500. The Hall–Kier alpha value is -2.25. The Morgan fingerprint density at radius 3 is 2.14 bits per heavy atom. The van der Waals surface area contributed by atoms with Crippen LogP contribution in [-0.4, -0.2) is 14.3 Å². The Kier molecular flexibility index (Phi) is 6.39. The van der Waals surface area contributed by atoms with E-state index in [4.69, 9.17) is 34.8 Å². The predicted octanol–water partition coefficient (Wildman–Crippen LogP) is 6.01. The number of amides is 1. The van der Waals surface area contributed by atoms with Gasteiger partial charge in [0.2, 0.25) is 0 Å². The summed E-state index contributed by atoms with van der Waals surface area (Å²) in [5.74, 6) is -0.432. The zero-order valence-electron chi connectivity index (χ0n) is 15.0. The highest BCUT2D eigenvalue weighted by Crippen LogP contribution is 2.28. The van der Waals surface area contributed by atoms with Crippen LogP contribution in [-0.2, 0) is 10.0 Å². The molecule has 29 heavy (non-hydrogen) atoms. The minimum Gasteiger partial charge on any atom is -0.322 e. The van der Waals surface area contributed by atoms with Gasteiger partial charge >= 0.3 is 0 Å². The van der Waals surface area contributed by atoms with Crippen LogP contribution in [0.1, 0.15) is 15.9 Å². The maximum absolute atomic E-state index is 12.5. The molecular weight excluding hydrogens is 455 g/mol. The first-order chi connectivity index (χ1) is 13.7. The van der Waals surface area contributed by atoms with Gasteiger partial charge in [0.15, 0.2) is 0 Å². The number of benzene rings is 3. The van der Waals surface area contributed by atoms with Crippen molar-refractivity contribution < 1.29 is 13.2 Å². The van der Waals surface area contributed by atoms with Crippen LogP contribution in [0, 0.1) is 6.92 Å². The molecule has 1 amide bonds. The molecule has 3 aromatic rings. The Labute approximate surface area is 183 Å². The normalized spacial score (nSPS) is 11.2. The average Bonchev–Trinajstić information content (AvgIpc) is 2.66. The van der Waals surface area contributed by atoms with Crippen LogP contribution in [0.2, 0.25) is 15.1 Å². The molecule has 5 nitrogen and oxygen atoms in total. The smallest absolute Gasteiger partial charge is 0.261 e. The van der Waals surface area contributed by atoms with Crippen LogP contribution in [0.15, 0.2) is 65.6 Å². The van der Waals surface area contributed by atoms with Gasteiger partial charge in [-0.2, -0.15) is 0 Å². The molecule has 9 heteroatoms. The highest BCUT2D eigenvalue weighted by Gasteiger charge is 2.17. The van der Waals surface area contributed by atoms with Gasteiger partial charge in [0.05, 0.1) is 25.7 Å². The summed E-state index contributed by atoms with van der Waals surface area (Å²) in [4.78, 5) is 12.5. The van der Waals surface area contributed by atoms with Crippen molar-refractivity contribution in [2.24, 2.45) is 0 Å². The van der Waals surface area contributed by atoms with Gasteiger partial charge in [0.25, 0.3) is 15.9 Å². The monoisotopic (exact) mass is 468 g/mol. The number of anilines is 2. The number of hydrogen-bond acceptors (Lipinski definition) is 3. The third kappa shape index (κ3) is 5.22. The van der Waals surface area contributed by atoms with Gasteiger partial charge in [-0.25, -0.2) is 8.42 Å². The molecule has 0 aliphatic rings. The number of carbonyl (C=O) groups is 1. The number of nitrogens with one attached hydrogen (secondary N) is 2. The second-order valence-electron chi connectivity index (χ2n) is 6.20. The van der Waals surface area contributed by atoms with Gasteiger partial charge in [-0.1, -0.05) is 52.5 Å². The molecular formula is C20H15Cl3N2O3S. The molecule has 0 saturated heterocycles. The van der Waals surface area contributed by atoms with Crippen LogP contribution < -0.4 is 10.0 Å². The predicted molar refractivity (Wildman–Crippen MR) is 118 cm³/mol. The van der Waals surface area contributed by atoms with Gasteiger partial charge in [-0.15, -0.1) is 0 Å². The minimum atomic E-state index is -3.81. The van der Waals surface area contributed by atoms with Crippen molar-refractivity contribution in [1.29, 1.82) is 0 Å². The van der Waals surface area contributed by atoms with Gasteiger partial charge in [0.1, 0.15) is 0 Å². The Morgan fingerprint density at radius 2 is 1.52 bits per heavy atom. The van der Waals surface area contributed by atoms with Crippen molar-refractivity contribution in [1.82, 2.24) is 0 Å². The van der Waals surface area contributed by atoms with E-state index in [9.17, 15) is 13.2 Å². The molecule has 2 N–H and O–H groups in total. The largest absolute Gasteiger partial charge is 0.322 e. The lowest BCUT2D eigenvalue weighted by Gasteiger charge is -2.11. The summed E-state index contributed by atoms with van der Waals surface area (Å²) in [6.07, 6.45) is 0. The number of sulfonamides is 1. The van der Waals surface area contributed by atoms with E-state index in [0.717, 1.165) is 5.56 Å². The summed E-state index contributed by atoms with van der Waals surface area (Å²) in [7, 11) is -3.81. The first kappa shape index (κ1) is 21.5. The third-order valence-electron chi connectivity index (χ3n) is 3.98. The molecule has 0 unspecified atom stereocenters. The van der Waals surface area contributed by atoms with Crippen LogP contribution in [0.5, 0.6) is 0 Å².